The Morgan fingerprint density at radius 1 is 0.364 bits per heavy atom. The first-order valence-corrected chi connectivity index (χ1v) is 18.6. The molecule has 0 aliphatic rings. The van der Waals surface area contributed by atoms with Crippen molar-refractivity contribution in [2.45, 2.75) is 0 Å². The molecule has 0 atom stereocenters. The van der Waals surface area contributed by atoms with Gasteiger partial charge < -0.3 is 8.83 Å². The van der Waals surface area contributed by atoms with E-state index in [4.69, 9.17) is 18.8 Å². The van der Waals surface area contributed by atoms with Crippen molar-refractivity contribution in [3.8, 4) is 17.2 Å². The Kier molecular flexibility index (Phi) is 5.57. The fraction of sp³-hybridized carbons (Fsp3) is 0. The van der Waals surface area contributed by atoms with Gasteiger partial charge in [-0.3, -0.25) is 4.57 Å². The van der Waals surface area contributed by atoms with Crippen LogP contribution in [0.15, 0.2) is 173 Å². The van der Waals surface area contributed by atoms with Gasteiger partial charge in [0.25, 0.3) is 0 Å². The van der Waals surface area contributed by atoms with Gasteiger partial charge in [-0.1, -0.05) is 121 Å². The molecule has 13 rings (SSSR count). The minimum atomic E-state index is 0.548. The SMILES string of the molecule is c1ccc2c(c1)ccc1c2c2c3c4ccccc4c4ccccc4c3ccc2n1-c1nc(-c2ccc3oc4ccccc4c3c2)c2c(n1)oc1ccccc12. The number of rotatable bonds is 2. The molecule has 0 unspecified atom stereocenters. The Balaban J connectivity index is 1.21. The molecular weight excluding hydrogens is 675 g/mol. The van der Waals surface area contributed by atoms with E-state index in [1.807, 2.05) is 30.3 Å². The minimum absolute atomic E-state index is 0.548. The summed E-state index contributed by atoms with van der Waals surface area (Å²) in [7, 11) is 0. The first-order valence-electron chi connectivity index (χ1n) is 18.6. The number of fused-ring (bicyclic) bond motifs is 18. The molecule has 5 heteroatoms. The Labute approximate surface area is 312 Å². The second-order valence-corrected chi connectivity index (χ2v) is 14.4. The highest BCUT2D eigenvalue weighted by Crippen LogP contribution is 2.46. The van der Waals surface area contributed by atoms with E-state index < -0.39 is 0 Å². The third-order valence-electron chi connectivity index (χ3n) is 11.6. The normalized spacial score (nSPS) is 12.4. The number of nitrogens with zero attached hydrogens (tertiary/aromatic N) is 3. The lowest BCUT2D eigenvalue weighted by molar-refractivity contribution is 0.651. The molecule has 254 valence electrons. The number of hydrogen-bond donors (Lipinski definition) is 0. The van der Waals surface area contributed by atoms with E-state index in [0.717, 1.165) is 60.6 Å². The quantitative estimate of drug-likeness (QED) is 0.168. The molecule has 4 heterocycles. The minimum Gasteiger partial charge on any atom is -0.456 e. The largest absolute Gasteiger partial charge is 0.456 e. The summed E-state index contributed by atoms with van der Waals surface area (Å²) in [5, 5.41) is 16.1. The van der Waals surface area contributed by atoms with Crippen LogP contribution in [0.2, 0.25) is 0 Å². The average molecular weight is 702 g/mol. The molecule has 0 saturated heterocycles. The highest BCUT2D eigenvalue weighted by atomic mass is 16.3. The van der Waals surface area contributed by atoms with Crippen LogP contribution in [-0.4, -0.2) is 14.5 Å². The van der Waals surface area contributed by atoms with Crippen molar-refractivity contribution in [3.05, 3.63) is 164 Å². The summed E-state index contributed by atoms with van der Waals surface area (Å²) in [6.07, 6.45) is 0. The van der Waals surface area contributed by atoms with Gasteiger partial charge in [-0.05, 0) is 80.2 Å². The maximum absolute atomic E-state index is 6.58. The molecule has 5 nitrogen and oxygen atoms in total. The third-order valence-corrected chi connectivity index (χ3v) is 11.6. The van der Waals surface area contributed by atoms with Crippen LogP contribution in [0.5, 0.6) is 0 Å². The van der Waals surface area contributed by atoms with Crippen LogP contribution in [0.25, 0.3) is 126 Å². The van der Waals surface area contributed by atoms with Gasteiger partial charge in [0.1, 0.15) is 16.7 Å². The fourth-order valence-corrected chi connectivity index (χ4v) is 9.27. The third kappa shape index (κ3) is 3.86. The number of hydrogen-bond acceptors (Lipinski definition) is 4. The highest BCUT2D eigenvalue weighted by molar-refractivity contribution is 6.37. The maximum Gasteiger partial charge on any atom is 0.238 e. The zero-order valence-electron chi connectivity index (χ0n) is 29.2. The summed E-state index contributed by atoms with van der Waals surface area (Å²) in [6, 6.07) is 57.9. The second kappa shape index (κ2) is 10.6. The van der Waals surface area contributed by atoms with Crippen LogP contribution in [0, 0.1) is 0 Å². The summed E-state index contributed by atoms with van der Waals surface area (Å²) < 4.78 is 15.1. The van der Waals surface area contributed by atoms with Crippen molar-refractivity contribution in [3.63, 3.8) is 0 Å². The molecule has 0 aliphatic heterocycles. The summed E-state index contributed by atoms with van der Waals surface area (Å²) in [6.45, 7) is 0. The van der Waals surface area contributed by atoms with Gasteiger partial charge >= 0.3 is 0 Å². The molecule has 0 amide bonds. The van der Waals surface area contributed by atoms with Crippen molar-refractivity contribution in [2.75, 3.05) is 0 Å². The van der Waals surface area contributed by atoms with Crippen molar-refractivity contribution >= 4 is 109 Å². The van der Waals surface area contributed by atoms with Gasteiger partial charge in [-0.25, -0.2) is 4.98 Å². The molecule has 9 aromatic carbocycles. The molecule has 0 spiro atoms. The van der Waals surface area contributed by atoms with E-state index in [2.05, 4.69) is 138 Å². The smallest absolute Gasteiger partial charge is 0.238 e. The predicted molar refractivity (Wildman–Crippen MR) is 226 cm³/mol. The van der Waals surface area contributed by atoms with Crippen LogP contribution in [0.3, 0.4) is 0 Å². The van der Waals surface area contributed by atoms with Crippen molar-refractivity contribution in [2.24, 2.45) is 0 Å². The average Bonchev–Trinajstić information content (AvgIpc) is 3.92. The predicted octanol–water partition coefficient (Wildman–Crippen LogP) is 13.7. The van der Waals surface area contributed by atoms with Crippen molar-refractivity contribution in [1.82, 2.24) is 14.5 Å². The van der Waals surface area contributed by atoms with Crippen LogP contribution < -0.4 is 0 Å². The lowest BCUT2D eigenvalue weighted by Gasteiger charge is -2.13. The molecule has 0 N–H and O–H groups in total. The zero-order valence-corrected chi connectivity index (χ0v) is 29.2. The van der Waals surface area contributed by atoms with E-state index in [9.17, 15) is 0 Å². The van der Waals surface area contributed by atoms with Gasteiger partial charge in [0.15, 0.2) is 0 Å². The first kappa shape index (κ1) is 29.0. The summed E-state index contributed by atoms with van der Waals surface area (Å²) in [5.41, 5.74) is 6.88. The van der Waals surface area contributed by atoms with Gasteiger partial charge in [-0.2, -0.15) is 4.98 Å². The molecule has 0 radical (unpaired) electrons. The summed E-state index contributed by atoms with van der Waals surface area (Å²) in [4.78, 5) is 10.8. The highest BCUT2D eigenvalue weighted by Gasteiger charge is 2.24. The molecule has 4 aromatic heterocycles. The Morgan fingerprint density at radius 2 is 0.945 bits per heavy atom. The molecule has 0 bridgehead atoms. The number of benzene rings is 9. The molecule has 0 fully saturated rings. The topological polar surface area (TPSA) is 57.0 Å². The Bertz CT molecular complexity index is 3760. The van der Waals surface area contributed by atoms with Gasteiger partial charge in [0, 0.05) is 37.9 Å². The van der Waals surface area contributed by atoms with E-state index in [-0.39, 0.29) is 0 Å². The lowest BCUT2D eigenvalue weighted by Crippen LogP contribution is -2.03. The van der Waals surface area contributed by atoms with Gasteiger partial charge in [-0.15, -0.1) is 0 Å². The van der Waals surface area contributed by atoms with Crippen LogP contribution >= 0.6 is 0 Å². The summed E-state index contributed by atoms with van der Waals surface area (Å²) >= 11 is 0. The van der Waals surface area contributed by atoms with Crippen molar-refractivity contribution in [1.29, 1.82) is 0 Å². The molecule has 55 heavy (non-hydrogen) atoms. The zero-order chi connectivity index (χ0) is 35.8. The summed E-state index contributed by atoms with van der Waals surface area (Å²) in [5.74, 6) is 0.554. The van der Waals surface area contributed by atoms with E-state index >= 15 is 0 Å². The van der Waals surface area contributed by atoms with Crippen LogP contribution in [0.1, 0.15) is 0 Å². The van der Waals surface area contributed by atoms with E-state index in [0.29, 0.717) is 11.7 Å². The molecule has 13 aromatic rings. The second-order valence-electron chi connectivity index (χ2n) is 14.4. The van der Waals surface area contributed by atoms with E-state index in [1.165, 1.54) is 53.9 Å². The van der Waals surface area contributed by atoms with E-state index in [1.54, 1.807) is 0 Å². The number of para-hydroxylation sites is 2. The van der Waals surface area contributed by atoms with Crippen LogP contribution in [-0.2, 0) is 0 Å². The number of furan rings is 2. The Morgan fingerprint density at radius 3 is 1.75 bits per heavy atom. The number of aromatic nitrogens is 3. The monoisotopic (exact) mass is 701 g/mol. The lowest BCUT2D eigenvalue weighted by atomic mass is 9.91. The first-order chi connectivity index (χ1) is 27.3. The van der Waals surface area contributed by atoms with Gasteiger partial charge in [0.05, 0.1) is 22.1 Å². The van der Waals surface area contributed by atoms with Crippen LogP contribution in [0.4, 0.5) is 0 Å². The van der Waals surface area contributed by atoms with Gasteiger partial charge in [0.2, 0.25) is 11.7 Å². The molecular formula is C50H27N3O2. The Hall–Kier alpha value is -7.50. The standard InChI is InChI=1S/C50H27N3O2/c1-2-12-30-28(11-1)21-24-39-45(30)47-40(25-23-36-33-15-4-3-13-31(33)32-14-5-6-17-35(32)44(36)47)53(39)50-51-48(46-37-18-8-10-20-42(37)55-49(46)52-50)29-22-26-43-38(27-29)34-16-7-9-19-41(34)54-43/h1-27H. The fourth-order valence-electron chi connectivity index (χ4n) is 9.27. The molecule has 0 aliphatic carbocycles. The molecule has 0 saturated carbocycles. The maximum atomic E-state index is 6.58. The van der Waals surface area contributed by atoms with Crippen molar-refractivity contribution < 1.29 is 8.83 Å².